The largest absolute Gasteiger partial charge is 0.491 e. The van der Waals surface area contributed by atoms with E-state index in [0.29, 0.717) is 28.2 Å². The standard InChI is InChI=1S/C28H26Cl3NO3/c1-16-4-8-19(9-5-16)33-15-26-25(34-20-10-6-17(2)7-11-20)14-27(35-26)32-24-13-23(30)22(29)12-21(24)18(3)28(32)31/h4-13,25-27H,14-15H2,1-3H3/t25-,26+,27+/m0/s1. The minimum atomic E-state index is -0.349. The third kappa shape index (κ3) is 4.99. The third-order valence-electron chi connectivity index (χ3n) is 6.44. The summed E-state index contributed by atoms with van der Waals surface area (Å²) in [6.07, 6.45) is -0.291. The fraction of sp³-hybridized carbons (Fsp3) is 0.286. The number of aromatic nitrogens is 1. The Labute approximate surface area is 220 Å². The predicted octanol–water partition coefficient (Wildman–Crippen LogP) is 8.34. The van der Waals surface area contributed by atoms with Gasteiger partial charge in [0.2, 0.25) is 0 Å². The van der Waals surface area contributed by atoms with Crippen molar-refractivity contribution in [3.63, 3.8) is 0 Å². The molecule has 1 aliphatic heterocycles. The summed E-state index contributed by atoms with van der Waals surface area (Å²) in [7, 11) is 0. The summed E-state index contributed by atoms with van der Waals surface area (Å²) in [5.41, 5.74) is 4.16. The number of benzene rings is 3. The zero-order chi connectivity index (χ0) is 24.7. The van der Waals surface area contributed by atoms with Gasteiger partial charge in [0.15, 0.2) is 0 Å². The van der Waals surface area contributed by atoms with Gasteiger partial charge in [-0.1, -0.05) is 70.2 Å². The van der Waals surface area contributed by atoms with Crippen LogP contribution in [0.2, 0.25) is 15.2 Å². The topological polar surface area (TPSA) is 32.6 Å². The van der Waals surface area contributed by atoms with Crippen LogP contribution in [0.5, 0.6) is 11.5 Å². The number of nitrogens with zero attached hydrogens (tertiary/aromatic N) is 1. The first-order valence-corrected chi connectivity index (χ1v) is 12.7. The zero-order valence-electron chi connectivity index (χ0n) is 19.7. The fourth-order valence-corrected chi connectivity index (χ4v) is 5.08. The smallest absolute Gasteiger partial charge is 0.139 e. The fourth-order valence-electron chi connectivity index (χ4n) is 4.45. The van der Waals surface area contributed by atoms with Crippen molar-refractivity contribution < 1.29 is 14.2 Å². The summed E-state index contributed by atoms with van der Waals surface area (Å²) in [4.78, 5) is 0. The van der Waals surface area contributed by atoms with Crippen molar-refractivity contribution in [3.05, 3.63) is 92.6 Å². The van der Waals surface area contributed by atoms with E-state index in [0.717, 1.165) is 28.0 Å². The molecule has 1 aromatic heterocycles. The van der Waals surface area contributed by atoms with Crippen LogP contribution in [0.1, 0.15) is 29.3 Å². The molecule has 3 aromatic carbocycles. The molecule has 35 heavy (non-hydrogen) atoms. The molecule has 1 fully saturated rings. The van der Waals surface area contributed by atoms with E-state index in [4.69, 9.17) is 49.0 Å². The van der Waals surface area contributed by atoms with Crippen molar-refractivity contribution >= 4 is 45.7 Å². The van der Waals surface area contributed by atoms with E-state index >= 15 is 0 Å². The lowest BCUT2D eigenvalue weighted by Gasteiger charge is -2.20. The third-order valence-corrected chi connectivity index (χ3v) is 7.62. The van der Waals surface area contributed by atoms with Crippen LogP contribution in [0.3, 0.4) is 0 Å². The number of aryl methyl sites for hydroxylation is 3. The summed E-state index contributed by atoms with van der Waals surface area (Å²) in [6, 6.07) is 19.7. The molecule has 0 aliphatic carbocycles. The summed E-state index contributed by atoms with van der Waals surface area (Å²) >= 11 is 19.5. The summed E-state index contributed by atoms with van der Waals surface area (Å²) < 4.78 is 21.0. The van der Waals surface area contributed by atoms with Gasteiger partial charge < -0.3 is 18.8 Å². The lowest BCUT2D eigenvalue weighted by molar-refractivity contribution is -0.0337. The van der Waals surface area contributed by atoms with E-state index in [1.165, 1.54) is 11.1 Å². The van der Waals surface area contributed by atoms with Crippen LogP contribution in [-0.4, -0.2) is 23.4 Å². The minimum absolute atomic E-state index is 0.232. The second-order valence-corrected chi connectivity index (χ2v) is 10.2. The molecule has 0 radical (unpaired) electrons. The van der Waals surface area contributed by atoms with E-state index in [2.05, 4.69) is 6.92 Å². The highest BCUT2D eigenvalue weighted by Crippen LogP contribution is 2.41. The summed E-state index contributed by atoms with van der Waals surface area (Å²) in [6.45, 7) is 6.42. The maximum absolute atomic E-state index is 6.81. The molecule has 0 saturated carbocycles. The van der Waals surface area contributed by atoms with Crippen molar-refractivity contribution in [1.82, 2.24) is 4.57 Å². The first kappa shape index (κ1) is 24.3. The van der Waals surface area contributed by atoms with Gasteiger partial charge in [-0.05, 0) is 62.7 Å². The number of hydrogen-bond donors (Lipinski definition) is 0. The molecule has 2 heterocycles. The molecule has 7 heteroatoms. The van der Waals surface area contributed by atoms with Crippen molar-refractivity contribution in [3.8, 4) is 11.5 Å². The zero-order valence-corrected chi connectivity index (χ0v) is 22.0. The van der Waals surface area contributed by atoms with Gasteiger partial charge in [-0.25, -0.2) is 0 Å². The molecule has 0 unspecified atom stereocenters. The second-order valence-electron chi connectivity index (χ2n) is 9.03. The van der Waals surface area contributed by atoms with Crippen molar-refractivity contribution in [2.45, 2.75) is 45.6 Å². The summed E-state index contributed by atoms with van der Waals surface area (Å²) in [5, 5.41) is 2.51. The van der Waals surface area contributed by atoms with Gasteiger partial charge in [0.05, 0.1) is 15.6 Å². The highest BCUT2D eigenvalue weighted by molar-refractivity contribution is 6.43. The van der Waals surface area contributed by atoms with Crippen LogP contribution < -0.4 is 9.47 Å². The van der Waals surface area contributed by atoms with E-state index in [-0.39, 0.29) is 18.4 Å². The van der Waals surface area contributed by atoms with Crippen LogP contribution in [0, 0.1) is 20.8 Å². The van der Waals surface area contributed by atoms with Crippen molar-refractivity contribution in [2.75, 3.05) is 6.61 Å². The highest BCUT2D eigenvalue weighted by Gasteiger charge is 2.40. The first-order chi connectivity index (χ1) is 16.8. The van der Waals surface area contributed by atoms with Crippen LogP contribution in [0.15, 0.2) is 60.7 Å². The number of hydrogen-bond acceptors (Lipinski definition) is 3. The highest BCUT2D eigenvalue weighted by atomic mass is 35.5. The molecule has 182 valence electrons. The molecule has 0 spiro atoms. The molecule has 0 bridgehead atoms. The van der Waals surface area contributed by atoms with Gasteiger partial charge in [-0.3, -0.25) is 0 Å². The average Bonchev–Trinajstić information content (AvgIpc) is 3.33. The van der Waals surface area contributed by atoms with Gasteiger partial charge in [0.25, 0.3) is 0 Å². The Balaban J connectivity index is 1.45. The Morgan fingerprint density at radius 1 is 0.857 bits per heavy atom. The van der Waals surface area contributed by atoms with Gasteiger partial charge in [-0.2, -0.15) is 0 Å². The molecule has 4 nitrogen and oxygen atoms in total. The van der Waals surface area contributed by atoms with E-state index in [1.807, 2.05) is 79.1 Å². The van der Waals surface area contributed by atoms with Crippen LogP contribution >= 0.6 is 34.8 Å². The second kappa shape index (κ2) is 9.94. The molecule has 1 aliphatic rings. The Morgan fingerprint density at radius 3 is 2.11 bits per heavy atom. The van der Waals surface area contributed by atoms with E-state index in [1.54, 1.807) is 0 Å². The molecular formula is C28H26Cl3NO3. The Kier molecular flexibility index (Phi) is 6.91. The Hall–Kier alpha value is -2.37. The van der Waals surface area contributed by atoms with Crippen LogP contribution in [-0.2, 0) is 4.74 Å². The Bertz CT molecular complexity index is 1350. The lowest BCUT2D eigenvalue weighted by Crippen LogP contribution is -2.32. The van der Waals surface area contributed by atoms with Gasteiger partial charge in [-0.15, -0.1) is 0 Å². The molecule has 1 saturated heterocycles. The normalized spacial score (nSPS) is 19.9. The SMILES string of the molecule is Cc1ccc(OC[C@H]2O[C@@H](n3c(Cl)c(C)c4cc(Cl)c(Cl)cc43)C[C@@H]2Oc2ccc(C)cc2)cc1. The van der Waals surface area contributed by atoms with Crippen LogP contribution in [0.4, 0.5) is 0 Å². The first-order valence-electron chi connectivity index (χ1n) is 11.5. The molecule has 5 rings (SSSR count). The van der Waals surface area contributed by atoms with Gasteiger partial charge in [0, 0.05) is 11.8 Å². The molecule has 0 N–H and O–H groups in total. The molecule has 4 aromatic rings. The summed E-state index contributed by atoms with van der Waals surface area (Å²) in [5.74, 6) is 1.58. The van der Waals surface area contributed by atoms with Crippen LogP contribution in [0.25, 0.3) is 10.9 Å². The minimum Gasteiger partial charge on any atom is -0.491 e. The number of halogens is 3. The van der Waals surface area contributed by atoms with E-state index in [9.17, 15) is 0 Å². The number of ether oxygens (including phenoxy) is 3. The number of fused-ring (bicyclic) bond motifs is 1. The Morgan fingerprint density at radius 2 is 1.46 bits per heavy atom. The predicted molar refractivity (Wildman–Crippen MR) is 143 cm³/mol. The number of rotatable bonds is 6. The average molecular weight is 531 g/mol. The maximum Gasteiger partial charge on any atom is 0.139 e. The molecule has 0 amide bonds. The van der Waals surface area contributed by atoms with Crippen molar-refractivity contribution in [1.29, 1.82) is 0 Å². The monoisotopic (exact) mass is 529 g/mol. The van der Waals surface area contributed by atoms with E-state index < -0.39 is 0 Å². The quantitative estimate of drug-likeness (QED) is 0.251. The van der Waals surface area contributed by atoms with Crippen molar-refractivity contribution in [2.24, 2.45) is 0 Å². The van der Waals surface area contributed by atoms with Gasteiger partial charge in [0.1, 0.15) is 41.7 Å². The molecule has 3 atom stereocenters. The molecular weight excluding hydrogens is 505 g/mol. The maximum atomic E-state index is 6.81. The lowest BCUT2D eigenvalue weighted by atomic mass is 10.1. The van der Waals surface area contributed by atoms with Gasteiger partial charge >= 0.3 is 0 Å².